The van der Waals surface area contributed by atoms with Crippen LogP contribution in [0.1, 0.15) is 40.9 Å². The van der Waals surface area contributed by atoms with Gasteiger partial charge >= 0.3 is 0 Å². The number of hydrogen-bond acceptors (Lipinski definition) is 4. The van der Waals surface area contributed by atoms with E-state index in [0.29, 0.717) is 16.9 Å². The van der Waals surface area contributed by atoms with Gasteiger partial charge in [0.25, 0.3) is 0 Å². The first-order chi connectivity index (χ1) is 11.3. The number of hydrogen-bond donors (Lipinski definition) is 2. The molecule has 0 heterocycles. The molecule has 0 aromatic heterocycles. The second kappa shape index (κ2) is 7.21. The van der Waals surface area contributed by atoms with Crippen molar-refractivity contribution in [3.8, 4) is 17.2 Å². The lowest BCUT2D eigenvalue weighted by Crippen LogP contribution is -2.08. The number of phenols is 2. The summed E-state index contributed by atoms with van der Waals surface area (Å²) in [4.78, 5) is 12.2. The first-order valence-electron chi connectivity index (χ1n) is 7.81. The summed E-state index contributed by atoms with van der Waals surface area (Å²) in [6.45, 7) is 7.41. The fraction of sp³-hybridized carbons (Fsp3) is 0.250. The molecule has 0 unspecified atom stereocenters. The molecule has 2 rings (SSSR count). The first-order valence-corrected chi connectivity index (χ1v) is 7.81. The Morgan fingerprint density at radius 3 is 2.33 bits per heavy atom. The van der Waals surface area contributed by atoms with Gasteiger partial charge in [0, 0.05) is 16.7 Å². The van der Waals surface area contributed by atoms with Gasteiger partial charge in [-0.15, -0.1) is 0 Å². The number of ether oxygens (including phenoxy) is 1. The number of benzene rings is 2. The fourth-order valence-corrected chi connectivity index (χ4v) is 2.39. The van der Waals surface area contributed by atoms with E-state index in [4.69, 9.17) is 4.74 Å². The third kappa shape index (κ3) is 3.96. The van der Waals surface area contributed by atoms with Gasteiger partial charge in [0.15, 0.2) is 5.78 Å². The van der Waals surface area contributed by atoms with Crippen LogP contribution in [0.2, 0.25) is 0 Å². The molecule has 2 N–H and O–H groups in total. The molecule has 4 heteroatoms. The maximum absolute atomic E-state index is 12.2. The molecule has 0 fully saturated rings. The van der Waals surface area contributed by atoms with Crippen molar-refractivity contribution in [3.63, 3.8) is 0 Å². The molecular weight excluding hydrogens is 304 g/mol. The molecule has 0 aliphatic rings. The number of phenolic OH excluding ortho intramolecular Hbond substituents is 2. The van der Waals surface area contributed by atoms with E-state index >= 15 is 0 Å². The predicted octanol–water partition coefficient (Wildman–Crippen LogP) is 4.40. The maximum Gasteiger partial charge on any atom is 0.185 e. The lowest BCUT2D eigenvalue weighted by molar-refractivity contribution is 0.104. The van der Waals surface area contributed by atoms with E-state index in [2.05, 4.69) is 0 Å². The van der Waals surface area contributed by atoms with Crippen LogP contribution in [0.3, 0.4) is 0 Å². The Kier molecular flexibility index (Phi) is 5.29. The summed E-state index contributed by atoms with van der Waals surface area (Å²) >= 11 is 0. The Balaban J connectivity index is 2.37. The molecule has 0 saturated heterocycles. The Bertz CT molecular complexity index is 771. The predicted molar refractivity (Wildman–Crippen MR) is 94.8 cm³/mol. The van der Waals surface area contributed by atoms with Gasteiger partial charge in [0.05, 0.1) is 6.10 Å². The average Bonchev–Trinajstić information content (AvgIpc) is 2.54. The molecule has 0 aliphatic carbocycles. The highest BCUT2D eigenvalue weighted by Crippen LogP contribution is 2.35. The molecule has 24 heavy (non-hydrogen) atoms. The lowest BCUT2D eigenvalue weighted by atomic mass is 10.0. The van der Waals surface area contributed by atoms with Gasteiger partial charge in [-0.3, -0.25) is 4.79 Å². The van der Waals surface area contributed by atoms with Crippen molar-refractivity contribution in [1.29, 1.82) is 0 Å². The highest BCUT2D eigenvalue weighted by atomic mass is 16.5. The molecule has 0 spiro atoms. The van der Waals surface area contributed by atoms with Gasteiger partial charge < -0.3 is 14.9 Å². The van der Waals surface area contributed by atoms with Crippen LogP contribution in [0, 0.1) is 13.8 Å². The quantitative estimate of drug-likeness (QED) is 0.631. The summed E-state index contributed by atoms with van der Waals surface area (Å²) in [5.41, 5.74) is 2.60. The van der Waals surface area contributed by atoms with Crippen molar-refractivity contribution >= 4 is 11.9 Å². The monoisotopic (exact) mass is 326 g/mol. The standard InChI is InChI=1S/C20H22O4/c1-12(2)24-20-14(4)19(23)13(3)11-16(20)7-10-18(22)15-5-8-17(21)9-6-15/h5-12,21,23H,1-4H3. The molecule has 0 atom stereocenters. The van der Waals surface area contributed by atoms with Crippen LogP contribution < -0.4 is 4.74 Å². The van der Waals surface area contributed by atoms with E-state index in [1.807, 2.05) is 13.8 Å². The van der Waals surface area contributed by atoms with E-state index in [0.717, 1.165) is 11.1 Å². The van der Waals surface area contributed by atoms with E-state index in [9.17, 15) is 15.0 Å². The fourth-order valence-electron chi connectivity index (χ4n) is 2.39. The Morgan fingerprint density at radius 2 is 1.75 bits per heavy atom. The summed E-state index contributed by atoms with van der Waals surface area (Å²) in [5, 5.41) is 19.4. The largest absolute Gasteiger partial charge is 0.508 e. The summed E-state index contributed by atoms with van der Waals surface area (Å²) in [6.07, 6.45) is 3.10. The summed E-state index contributed by atoms with van der Waals surface area (Å²) in [7, 11) is 0. The minimum absolute atomic E-state index is 0.0502. The molecular formula is C20H22O4. The van der Waals surface area contributed by atoms with Crippen molar-refractivity contribution in [3.05, 3.63) is 58.7 Å². The Morgan fingerprint density at radius 1 is 1.12 bits per heavy atom. The molecule has 4 nitrogen and oxygen atoms in total. The van der Waals surface area contributed by atoms with Crippen LogP contribution in [-0.4, -0.2) is 22.1 Å². The molecule has 0 radical (unpaired) electrons. The van der Waals surface area contributed by atoms with E-state index < -0.39 is 0 Å². The van der Waals surface area contributed by atoms with Gasteiger partial charge in [-0.25, -0.2) is 0 Å². The molecule has 0 saturated carbocycles. The first kappa shape index (κ1) is 17.6. The zero-order valence-corrected chi connectivity index (χ0v) is 14.3. The summed E-state index contributed by atoms with van der Waals surface area (Å²) in [5.74, 6) is 0.720. The lowest BCUT2D eigenvalue weighted by Gasteiger charge is -2.17. The Labute approximate surface area is 142 Å². The van der Waals surface area contributed by atoms with Gasteiger partial charge in [-0.2, -0.15) is 0 Å². The topological polar surface area (TPSA) is 66.8 Å². The van der Waals surface area contributed by atoms with Gasteiger partial charge in [0.1, 0.15) is 17.2 Å². The van der Waals surface area contributed by atoms with Crippen molar-refractivity contribution in [2.24, 2.45) is 0 Å². The van der Waals surface area contributed by atoms with E-state index in [1.165, 1.54) is 18.2 Å². The number of carbonyl (C=O) groups is 1. The molecule has 0 amide bonds. The second-order valence-corrected chi connectivity index (χ2v) is 6.00. The van der Waals surface area contributed by atoms with Crippen molar-refractivity contribution in [2.45, 2.75) is 33.8 Å². The van der Waals surface area contributed by atoms with Crippen LogP contribution in [0.5, 0.6) is 17.2 Å². The highest BCUT2D eigenvalue weighted by molar-refractivity contribution is 6.07. The Hall–Kier alpha value is -2.75. The van der Waals surface area contributed by atoms with Crippen molar-refractivity contribution in [1.82, 2.24) is 0 Å². The van der Waals surface area contributed by atoms with Gasteiger partial charge in [0.2, 0.25) is 0 Å². The molecule has 2 aromatic rings. The molecule has 126 valence electrons. The van der Waals surface area contributed by atoms with Crippen LogP contribution in [0.4, 0.5) is 0 Å². The smallest absolute Gasteiger partial charge is 0.185 e. The van der Waals surface area contributed by atoms with Crippen LogP contribution in [0.25, 0.3) is 6.08 Å². The number of rotatable bonds is 5. The summed E-state index contributed by atoms with van der Waals surface area (Å²) < 4.78 is 5.81. The van der Waals surface area contributed by atoms with E-state index in [1.54, 1.807) is 38.1 Å². The normalized spacial score (nSPS) is 11.2. The highest BCUT2D eigenvalue weighted by Gasteiger charge is 2.14. The molecule has 0 aliphatic heterocycles. The zero-order valence-electron chi connectivity index (χ0n) is 14.3. The number of aromatic hydroxyl groups is 2. The number of aryl methyl sites for hydroxylation is 1. The SMILES string of the molecule is Cc1cc(C=CC(=O)c2ccc(O)cc2)c(OC(C)C)c(C)c1O. The summed E-state index contributed by atoms with van der Waals surface area (Å²) in [6, 6.07) is 7.88. The van der Waals surface area contributed by atoms with Crippen molar-refractivity contribution < 1.29 is 19.7 Å². The third-order valence-electron chi connectivity index (χ3n) is 3.62. The number of carbonyl (C=O) groups excluding carboxylic acids is 1. The minimum atomic E-state index is -0.172. The third-order valence-corrected chi connectivity index (χ3v) is 3.62. The van der Waals surface area contributed by atoms with Crippen LogP contribution >= 0.6 is 0 Å². The van der Waals surface area contributed by atoms with Crippen LogP contribution in [0.15, 0.2) is 36.4 Å². The molecule has 0 bridgehead atoms. The second-order valence-electron chi connectivity index (χ2n) is 6.00. The number of allylic oxidation sites excluding steroid dienone is 1. The molecule has 2 aromatic carbocycles. The van der Waals surface area contributed by atoms with Crippen molar-refractivity contribution in [2.75, 3.05) is 0 Å². The number of ketones is 1. The van der Waals surface area contributed by atoms with Gasteiger partial charge in [-0.05, 0) is 75.7 Å². The zero-order chi connectivity index (χ0) is 17.9. The van der Waals surface area contributed by atoms with Crippen LogP contribution in [-0.2, 0) is 0 Å². The van der Waals surface area contributed by atoms with E-state index in [-0.39, 0.29) is 23.4 Å². The average molecular weight is 326 g/mol. The maximum atomic E-state index is 12.2. The van der Waals surface area contributed by atoms with Gasteiger partial charge in [-0.1, -0.05) is 0 Å². The minimum Gasteiger partial charge on any atom is -0.508 e.